The minimum absolute atomic E-state index is 0.0868. The Hall–Kier alpha value is -1.63. The highest BCUT2D eigenvalue weighted by atomic mass is 32.1. The Morgan fingerprint density at radius 3 is 2.82 bits per heavy atom. The van der Waals surface area contributed by atoms with Gasteiger partial charge in [-0.15, -0.1) is 0 Å². The van der Waals surface area contributed by atoms with Crippen molar-refractivity contribution in [3.63, 3.8) is 0 Å². The van der Waals surface area contributed by atoms with Gasteiger partial charge in [0.2, 0.25) is 5.13 Å². The van der Waals surface area contributed by atoms with Gasteiger partial charge in [-0.2, -0.15) is 4.99 Å². The number of rotatable bonds is 1. The summed E-state index contributed by atoms with van der Waals surface area (Å²) in [5, 5.41) is 7.59. The van der Waals surface area contributed by atoms with Crippen molar-refractivity contribution in [2.75, 3.05) is 0 Å². The van der Waals surface area contributed by atoms with E-state index in [1.165, 1.54) is 23.4 Å². The van der Waals surface area contributed by atoms with Gasteiger partial charge in [0.25, 0.3) is 6.47 Å². The Labute approximate surface area is 103 Å². The van der Waals surface area contributed by atoms with E-state index >= 15 is 0 Å². The van der Waals surface area contributed by atoms with E-state index in [1.807, 2.05) is 0 Å². The zero-order valence-electron chi connectivity index (χ0n) is 9.59. The van der Waals surface area contributed by atoms with Crippen LogP contribution in [0.1, 0.15) is 36.3 Å². The monoisotopic (exact) mass is 256 g/mol. The molecule has 5 N–H and O–H groups in total. The van der Waals surface area contributed by atoms with Gasteiger partial charge in [0.15, 0.2) is 5.96 Å². The van der Waals surface area contributed by atoms with Gasteiger partial charge < -0.3 is 16.6 Å². The second kappa shape index (κ2) is 6.19. The van der Waals surface area contributed by atoms with E-state index in [1.54, 1.807) is 11.3 Å². The molecule has 1 atom stereocenters. The summed E-state index contributed by atoms with van der Waals surface area (Å²) in [5.41, 5.74) is 11.8. The van der Waals surface area contributed by atoms with Crippen molar-refractivity contribution in [1.29, 1.82) is 0 Å². The first kappa shape index (κ1) is 13.4. The first-order chi connectivity index (χ1) is 8.08. The molecule has 0 aliphatic heterocycles. The molecule has 0 amide bonds. The van der Waals surface area contributed by atoms with Crippen LogP contribution in [-0.4, -0.2) is 22.5 Å². The number of nitrogens with two attached hydrogens (primary N) is 2. The Balaban J connectivity index is 0.000000437. The molecule has 6 nitrogen and oxygen atoms in total. The molecule has 94 valence electrons. The van der Waals surface area contributed by atoms with E-state index in [4.69, 9.17) is 21.4 Å². The van der Waals surface area contributed by atoms with E-state index in [0.29, 0.717) is 11.0 Å². The standard InChI is InChI=1S/C9H14N4S.CH2O2/c1-5-3-2-4-6-7(5)12-9(14-6)13-8(10)11;2-1-3/h5H,2-4H2,1H3,(H4,10,11,12,13);1H,(H,2,3). The highest BCUT2D eigenvalue weighted by Gasteiger charge is 2.20. The van der Waals surface area contributed by atoms with Crippen LogP contribution in [-0.2, 0) is 11.2 Å². The lowest BCUT2D eigenvalue weighted by molar-refractivity contribution is -0.122. The summed E-state index contributed by atoms with van der Waals surface area (Å²) in [5.74, 6) is 0.640. The third-order valence-electron chi connectivity index (χ3n) is 2.45. The molecule has 1 unspecified atom stereocenters. The van der Waals surface area contributed by atoms with Gasteiger partial charge in [-0.1, -0.05) is 18.3 Å². The summed E-state index contributed by atoms with van der Waals surface area (Å²) in [7, 11) is 0. The maximum atomic E-state index is 8.36. The number of hydrogen-bond acceptors (Lipinski definition) is 4. The lowest BCUT2D eigenvalue weighted by Crippen LogP contribution is -2.21. The third-order valence-corrected chi connectivity index (χ3v) is 3.47. The van der Waals surface area contributed by atoms with Crippen LogP contribution in [0.4, 0.5) is 5.13 Å². The molecule has 1 aromatic rings. The molecule has 0 spiro atoms. The summed E-state index contributed by atoms with van der Waals surface area (Å²) < 4.78 is 0. The van der Waals surface area contributed by atoms with E-state index in [9.17, 15) is 0 Å². The molecular weight excluding hydrogens is 240 g/mol. The number of fused-ring (bicyclic) bond motifs is 1. The maximum absolute atomic E-state index is 8.36. The van der Waals surface area contributed by atoms with E-state index in [2.05, 4.69) is 16.9 Å². The molecule has 7 heteroatoms. The molecule has 1 aliphatic carbocycles. The van der Waals surface area contributed by atoms with Gasteiger partial charge in [-0.05, 0) is 25.2 Å². The third kappa shape index (κ3) is 3.70. The number of carbonyl (C=O) groups is 1. The van der Waals surface area contributed by atoms with Crippen molar-refractivity contribution >= 4 is 28.9 Å². The van der Waals surface area contributed by atoms with Crippen LogP contribution < -0.4 is 11.5 Å². The number of aliphatic imine (C=N–C) groups is 1. The fraction of sp³-hybridized carbons (Fsp3) is 0.500. The Morgan fingerprint density at radius 1 is 1.65 bits per heavy atom. The van der Waals surface area contributed by atoms with Crippen LogP contribution in [0.3, 0.4) is 0 Å². The van der Waals surface area contributed by atoms with Gasteiger partial charge in [-0.25, -0.2) is 4.98 Å². The van der Waals surface area contributed by atoms with Gasteiger partial charge in [0.05, 0.1) is 5.69 Å². The first-order valence-electron chi connectivity index (χ1n) is 5.25. The highest BCUT2D eigenvalue weighted by molar-refractivity contribution is 7.15. The second-order valence-corrected chi connectivity index (χ2v) is 4.80. The molecular formula is C10H16N4O2S. The lowest BCUT2D eigenvalue weighted by atomic mass is 9.93. The average molecular weight is 256 g/mol. The first-order valence-corrected chi connectivity index (χ1v) is 6.07. The molecule has 0 bridgehead atoms. The molecule has 0 fully saturated rings. The summed E-state index contributed by atoms with van der Waals surface area (Å²) in [4.78, 5) is 18.1. The number of thiazole rings is 1. The predicted molar refractivity (Wildman–Crippen MR) is 67.6 cm³/mol. The zero-order valence-corrected chi connectivity index (χ0v) is 10.4. The number of guanidine groups is 1. The quantitative estimate of drug-likeness (QED) is 0.396. The van der Waals surface area contributed by atoms with Crippen molar-refractivity contribution in [1.82, 2.24) is 4.98 Å². The average Bonchev–Trinajstić information content (AvgIpc) is 2.62. The van der Waals surface area contributed by atoms with Crippen LogP contribution >= 0.6 is 11.3 Å². The Morgan fingerprint density at radius 2 is 2.29 bits per heavy atom. The second-order valence-electron chi connectivity index (χ2n) is 3.74. The number of nitrogens with zero attached hydrogens (tertiary/aromatic N) is 2. The molecule has 17 heavy (non-hydrogen) atoms. The molecule has 0 saturated carbocycles. The molecule has 0 aromatic carbocycles. The SMILES string of the molecule is CC1CCCc2sc(N=C(N)N)nc21.O=CO. The maximum Gasteiger partial charge on any atom is 0.290 e. The van der Waals surface area contributed by atoms with Crippen molar-refractivity contribution in [2.45, 2.75) is 32.1 Å². The minimum atomic E-state index is -0.250. The molecule has 1 heterocycles. The largest absolute Gasteiger partial charge is 0.483 e. The van der Waals surface area contributed by atoms with Gasteiger partial charge in [-0.3, -0.25) is 4.79 Å². The predicted octanol–water partition coefficient (Wildman–Crippen LogP) is 1.19. The molecule has 0 radical (unpaired) electrons. The van der Waals surface area contributed by atoms with Crippen LogP contribution in [0.15, 0.2) is 4.99 Å². The van der Waals surface area contributed by atoms with Crippen molar-refractivity contribution < 1.29 is 9.90 Å². The Kier molecular flexibility index (Phi) is 4.89. The van der Waals surface area contributed by atoms with Gasteiger partial charge >= 0.3 is 0 Å². The van der Waals surface area contributed by atoms with E-state index < -0.39 is 0 Å². The highest BCUT2D eigenvalue weighted by Crippen LogP contribution is 2.37. The molecule has 1 aromatic heterocycles. The van der Waals surface area contributed by atoms with E-state index in [0.717, 1.165) is 6.42 Å². The van der Waals surface area contributed by atoms with Crippen LogP contribution in [0, 0.1) is 0 Å². The fourth-order valence-electron chi connectivity index (χ4n) is 1.78. The topological polar surface area (TPSA) is 115 Å². The minimum Gasteiger partial charge on any atom is -0.483 e. The number of aryl methyl sites for hydroxylation is 1. The normalized spacial score (nSPS) is 17.4. The molecule has 0 saturated heterocycles. The molecule has 2 rings (SSSR count). The van der Waals surface area contributed by atoms with Crippen LogP contribution in [0.5, 0.6) is 0 Å². The molecule has 1 aliphatic rings. The summed E-state index contributed by atoms with van der Waals surface area (Å²) in [6, 6.07) is 0. The number of aromatic nitrogens is 1. The van der Waals surface area contributed by atoms with Crippen molar-refractivity contribution in [3.05, 3.63) is 10.6 Å². The zero-order chi connectivity index (χ0) is 12.8. The fourth-order valence-corrected chi connectivity index (χ4v) is 2.89. The van der Waals surface area contributed by atoms with E-state index in [-0.39, 0.29) is 12.4 Å². The lowest BCUT2D eigenvalue weighted by Gasteiger charge is -2.15. The van der Waals surface area contributed by atoms with Crippen LogP contribution in [0.25, 0.3) is 0 Å². The number of carboxylic acid groups (broad SMARTS) is 1. The summed E-state index contributed by atoms with van der Waals surface area (Å²) in [6.45, 7) is 1.96. The van der Waals surface area contributed by atoms with Gasteiger partial charge in [0.1, 0.15) is 0 Å². The van der Waals surface area contributed by atoms with Crippen molar-refractivity contribution in [2.24, 2.45) is 16.5 Å². The summed E-state index contributed by atoms with van der Waals surface area (Å²) in [6.07, 6.45) is 3.59. The van der Waals surface area contributed by atoms with Gasteiger partial charge in [0, 0.05) is 4.88 Å². The Bertz CT molecular complexity index is 412. The summed E-state index contributed by atoms with van der Waals surface area (Å²) >= 11 is 1.61. The van der Waals surface area contributed by atoms with Crippen LogP contribution in [0.2, 0.25) is 0 Å². The smallest absolute Gasteiger partial charge is 0.290 e. The van der Waals surface area contributed by atoms with Crippen molar-refractivity contribution in [3.8, 4) is 0 Å². The number of hydrogen-bond donors (Lipinski definition) is 3.